The molecule has 1 rings (SSSR count). The predicted octanol–water partition coefficient (Wildman–Crippen LogP) is 2.37. The molecule has 82 valence electrons. The van der Waals surface area contributed by atoms with Gasteiger partial charge in [-0.05, 0) is 25.5 Å². The normalized spacial score (nSPS) is 21.1. The zero-order chi connectivity index (χ0) is 10.4. The van der Waals surface area contributed by atoms with Gasteiger partial charge in [0, 0.05) is 30.1 Å². The zero-order valence-corrected chi connectivity index (χ0v) is 11.1. The molecule has 0 aromatic carbocycles. The van der Waals surface area contributed by atoms with E-state index in [0.717, 1.165) is 42.8 Å². The first kappa shape index (κ1) is 12.4. The van der Waals surface area contributed by atoms with E-state index in [1.807, 2.05) is 16.7 Å². The molecule has 0 aromatic heterocycles. The van der Waals surface area contributed by atoms with E-state index in [1.54, 1.807) is 0 Å². The molecule has 0 N–H and O–H groups in total. The van der Waals surface area contributed by atoms with Gasteiger partial charge < -0.3 is 4.90 Å². The van der Waals surface area contributed by atoms with Gasteiger partial charge in [-0.1, -0.05) is 15.9 Å². The van der Waals surface area contributed by atoms with Gasteiger partial charge in [-0.3, -0.25) is 4.79 Å². The molecule has 0 bridgehead atoms. The van der Waals surface area contributed by atoms with Crippen LogP contribution in [0, 0.1) is 5.92 Å². The number of amides is 1. The lowest BCUT2D eigenvalue weighted by molar-refractivity contribution is -0.134. The molecule has 14 heavy (non-hydrogen) atoms. The van der Waals surface area contributed by atoms with Crippen LogP contribution in [0.15, 0.2) is 0 Å². The summed E-state index contributed by atoms with van der Waals surface area (Å²) >= 11 is 5.30. The maximum atomic E-state index is 12.0. The number of halogens is 1. The van der Waals surface area contributed by atoms with Crippen LogP contribution in [0.2, 0.25) is 0 Å². The Morgan fingerprint density at radius 1 is 1.64 bits per heavy atom. The van der Waals surface area contributed by atoms with E-state index < -0.39 is 0 Å². The van der Waals surface area contributed by atoms with E-state index in [4.69, 9.17) is 0 Å². The number of thioether (sulfide) groups is 1. The van der Waals surface area contributed by atoms with Crippen molar-refractivity contribution in [3.8, 4) is 0 Å². The van der Waals surface area contributed by atoms with E-state index in [2.05, 4.69) is 22.9 Å². The molecule has 1 aliphatic rings. The summed E-state index contributed by atoms with van der Waals surface area (Å²) in [7, 11) is 0. The van der Waals surface area contributed by atoms with Crippen LogP contribution < -0.4 is 0 Å². The maximum Gasteiger partial charge on any atom is 0.226 e. The molecule has 1 atom stereocenters. The molecule has 1 aliphatic heterocycles. The standard InChI is InChI=1S/C10H18BrNOS/c1-2-12(6-3-5-11)10(13)9-4-7-14-8-9/h9H,2-8H2,1H3. The summed E-state index contributed by atoms with van der Waals surface area (Å²) in [4.78, 5) is 14.0. The summed E-state index contributed by atoms with van der Waals surface area (Å²) in [5.41, 5.74) is 0. The van der Waals surface area contributed by atoms with E-state index >= 15 is 0 Å². The van der Waals surface area contributed by atoms with Crippen molar-refractivity contribution < 1.29 is 4.79 Å². The Bertz CT molecular complexity index is 183. The van der Waals surface area contributed by atoms with Crippen LogP contribution in [0.4, 0.5) is 0 Å². The third-order valence-corrected chi connectivity index (χ3v) is 4.26. The molecule has 4 heteroatoms. The first-order chi connectivity index (χ1) is 6.79. The summed E-state index contributed by atoms with van der Waals surface area (Å²) in [5.74, 6) is 2.87. The Balaban J connectivity index is 2.37. The highest BCUT2D eigenvalue weighted by Gasteiger charge is 2.26. The van der Waals surface area contributed by atoms with Crippen LogP contribution in [0.1, 0.15) is 19.8 Å². The van der Waals surface area contributed by atoms with Crippen molar-refractivity contribution in [3.05, 3.63) is 0 Å². The van der Waals surface area contributed by atoms with Gasteiger partial charge in [0.15, 0.2) is 0 Å². The lowest BCUT2D eigenvalue weighted by Crippen LogP contribution is -2.36. The number of carbonyl (C=O) groups excluding carboxylic acids is 1. The second-order valence-corrected chi connectivity index (χ2v) is 5.46. The van der Waals surface area contributed by atoms with E-state index in [9.17, 15) is 4.79 Å². The van der Waals surface area contributed by atoms with Crippen molar-refractivity contribution in [1.29, 1.82) is 0 Å². The topological polar surface area (TPSA) is 20.3 Å². The Morgan fingerprint density at radius 3 is 2.93 bits per heavy atom. The Morgan fingerprint density at radius 2 is 2.43 bits per heavy atom. The van der Waals surface area contributed by atoms with Crippen molar-refractivity contribution in [3.63, 3.8) is 0 Å². The second kappa shape index (κ2) is 6.72. The molecule has 1 heterocycles. The van der Waals surface area contributed by atoms with Crippen LogP contribution in [-0.4, -0.2) is 40.7 Å². The summed E-state index contributed by atoms with van der Waals surface area (Å²) in [6, 6.07) is 0. The average Bonchev–Trinajstić information content (AvgIpc) is 2.71. The molecule has 1 unspecified atom stereocenters. The van der Waals surface area contributed by atoms with Crippen molar-refractivity contribution in [2.24, 2.45) is 5.92 Å². The molecule has 0 aliphatic carbocycles. The highest BCUT2D eigenvalue weighted by molar-refractivity contribution is 9.09. The predicted molar refractivity (Wildman–Crippen MR) is 66.1 cm³/mol. The van der Waals surface area contributed by atoms with Crippen LogP contribution in [0.25, 0.3) is 0 Å². The highest BCUT2D eigenvalue weighted by atomic mass is 79.9. The fourth-order valence-electron chi connectivity index (χ4n) is 1.66. The molecule has 0 radical (unpaired) electrons. The summed E-state index contributed by atoms with van der Waals surface area (Å²) in [6.07, 6.45) is 2.13. The molecule has 2 nitrogen and oxygen atoms in total. The van der Waals surface area contributed by atoms with E-state index in [1.165, 1.54) is 0 Å². The van der Waals surface area contributed by atoms with Crippen molar-refractivity contribution in [2.45, 2.75) is 19.8 Å². The fraction of sp³-hybridized carbons (Fsp3) is 0.900. The van der Waals surface area contributed by atoms with Gasteiger partial charge >= 0.3 is 0 Å². The van der Waals surface area contributed by atoms with Gasteiger partial charge in [0.1, 0.15) is 0 Å². The average molecular weight is 280 g/mol. The summed E-state index contributed by atoms with van der Waals surface area (Å²) in [5, 5.41) is 0.982. The van der Waals surface area contributed by atoms with Gasteiger partial charge in [0.05, 0.1) is 0 Å². The molecular formula is C10H18BrNOS. The zero-order valence-electron chi connectivity index (χ0n) is 8.67. The summed E-state index contributed by atoms with van der Waals surface area (Å²) in [6.45, 7) is 3.82. The lowest BCUT2D eigenvalue weighted by Gasteiger charge is -2.23. The third-order valence-electron chi connectivity index (χ3n) is 2.53. The number of carbonyl (C=O) groups is 1. The first-order valence-electron chi connectivity index (χ1n) is 5.22. The van der Waals surface area contributed by atoms with Crippen LogP contribution in [0.5, 0.6) is 0 Å². The molecule has 0 spiro atoms. The van der Waals surface area contributed by atoms with Gasteiger partial charge in [0.25, 0.3) is 0 Å². The molecule has 1 saturated heterocycles. The molecule has 0 aromatic rings. The Hall–Kier alpha value is 0.300. The number of nitrogens with zero attached hydrogens (tertiary/aromatic N) is 1. The Labute approximate surface area is 98.9 Å². The fourth-order valence-corrected chi connectivity index (χ4v) is 3.12. The van der Waals surface area contributed by atoms with E-state index in [-0.39, 0.29) is 0 Å². The molecular weight excluding hydrogens is 262 g/mol. The number of rotatable bonds is 5. The van der Waals surface area contributed by atoms with Crippen molar-refractivity contribution >= 4 is 33.6 Å². The largest absolute Gasteiger partial charge is 0.343 e. The second-order valence-electron chi connectivity index (χ2n) is 3.52. The van der Waals surface area contributed by atoms with Crippen LogP contribution in [0.3, 0.4) is 0 Å². The smallest absolute Gasteiger partial charge is 0.226 e. The van der Waals surface area contributed by atoms with Crippen molar-refractivity contribution in [2.75, 3.05) is 29.9 Å². The number of hydrogen-bond acceptors (Lipinski definition) is 2. The SMILES string of the molecule is CCN(CCCBr)C(=O)C1CCSC1. The van der Waals surface area contributed by atoms with Crippen molar-refractivity contribution in [1.82, 2.24) is 4.90 Å². The minimum Gasteiger partial charge on any atom is -0.343 e. The highest BCUT2D eigenvalue weighted by Crippen LogP contribution is 2.25. The maximum absolute atomic E-state index is 12.0. The molecule has 1 amide bonds. The van der Waals surface area contributed by atoms with Gasteiger partial charge in [-0.2, -0.15) is 11.8 Å². The summed E-state index contributed by atoms with van der Waals surface area (Å²) < 4.78 is 0. The minimum atomic E-state index is 0.301. The van der Waals surface area contributed by atoms with Gasteiger partial charge in [0.2, 0.25) is 5.91 Å². The van der Waals surface area contributed by atoms with E-state index in [0.29, 0.717) is 11.8 Å². The number of hydrogen-bond donors (Lipinski definition) is 0. The first-order valence-corrected chi connectivity index (χ1v) is 7.49. The lowest BCUT2D eigenvalue weighted by atomic mass is 10.1. The van der Waals surface area contributed by atoms with Crippen LogP contribution in [-0.2, 0) is 4.79 Å². The minimum absolute atomic E-state index is 0.301. The monoisotopic (exact) mass is 279 g/mol. The molecule has 1 fully saturated rings. The molecule has 0 saturated carbocycles. The van der Waals surface area contributed by atoms with Gasteiger partial charge in [-0.15, -0.1) is 0 Å². The van der Waals surface area contributed by atoms with Gasteiger partial charge in [-0.25, -0.2) is 0 Å². The Kier molecular flexibility index (Phi) is 5.94. The van der Waals surface area contributed by atoms with Crippen LogP contribution >= 0.6 is 27.7 Å². The third kappa shape index (κ3) is 3.46. The quantitative estimate of drug-likeness (QED) is 0.721. The number of alkyl halides is 1.